The van der Waals surface area contributed by atoms with Crippen molar-refractivity contribution in [3.05, 3.63) is 87.6 Å². The summed E-state index contributed by atoms with van der Waals surface area (Å²) in [5.74, 6) is -1.96. The number of hydrogen-bond donors (Lipinski definition) is 1. The molecule has 222 valence electrons. The molecule has 2 fully saturated rings. The minimum Gasteiger partial charge on any atom is -0.508 e. The predicted molar refractivity (Wildman–Crippen MR) is 156 cm³/mol. The zero-order chi connectivity index (χ0) is 30.1. The van der Waals surface area contributed by atoms with Gasteiger partial charge in [-0.05, 0) is 65.8 Å². The summed E-state index contributed by atoms with van der Waals surface area (Å²) >= 11 is 1.61. The van der Waals surface area contributed by atoms with Crippen LogP contribution in [-0.4, -0.2) is 48.8 Å². The van der Waals surface area contributed by atoms with Crippen LogP contribution in [0.5, 0.6) is 11.5 Å². The van der Waals surface area contributed by atoms with E-state index in [0.29, 0.717) is 17.7 Å². The van der Waals surface area contributed by atoms with E-state index < -0.39 is 17.7 Å². The Morgan fingerprint density at radius 1 is 1.05 bits per heavy atom. The quantitative estimate of drug-likeness (QED) is 0.201. The predicted octanol–water partition coefficient (Wildman–Crippen LogP) is 5.96. The number of rotatable bonds is 7. The number of carbonyl (C=O) groups excluding carboxylic acids is 3. The number of aromatic hydroxyl groups is 1. The Morgan fingerprint density at radius 3 is 2.31 bits per heavy atom. The highest BCUT2D eigenvalue weighted by atomic mass is 32.1. The number of esters is 3. The van der Waals surface area contributed by atoms with E-state index in [1.165, 1.54) is 27.0 Å². The highest BCUT2D eigenvalue weighted by molar-refractivity contribution is 7.10. The van der Waals surface area contributed by atoms with E-state index in [1.54, 1.807) is 47.7 Å². The molecule has 5 rings (SSSR count). The minimum atomic E-state index is -1.23. The zero-order valence-electron chi connectivity index (χ0n) is 23.7. The SMILES string of the molecule is CC1(C)OC(=O)C(=Cc2ccc(OC3CCCCO3)cc2)C(=O)O1.COC(=O)CC(c1ccc(O)cc1)c1cccs1. The van der Waals surface area contributed by atoms with Crippen LogP contribution in [0.3, 0.4) is 0 Å². The number of methoxy groups -OCH3 is 1. The van der Waals surface area contributed by atoms with Crippen molar-refractivity contribution in [2.75, 3.05) is 13.7 Å². The molecule has 0 spiro atoms. The van der Waals surface area contributed by atoms with Crippen LogP contribution in [0.2, 0.25) is 0 Å². The molecule has 0 saturated carbocycles. The van der Waals surface area contributed by atoms with Gasteiger partial charge >= 0.3 is 17.9 Å². The molecule has 2 atom stereocenters. The van der Waals surface area contributed by atoms with E-state index in [9.17, 15) is 19.5 Å². The maximum absolute atomic E-state index is 11.9. The summed E-state index contributed by atoms with van der Waals surface area (Å²) in [6.45, 7) is 3.74. The van der Waals surface area contributed by atoms with E-state index in [2.05, 4.69) is 0 Å². The molecule has 2 aromatic carbocycles. The number of hydrogen-bond acceptors (Lipinski definition) is 10. The van der Waals surface area contributed by atoms with Gasteiger partial charge in [0.25, 0.3) is 5.79 Å². The van der Waals surface area contributed by atoms with Gasteiger partial charge in [0, 0.05) is 31.1 Å². The smallest absolute Gasteiger partial charge is 0.348 e. The van der Waals surface area contributed by atoms with Crippen LogP contribution in [0.25, 0.3) is 6.08 Å². The van der Waals surface area contributed by atoms with Gasteiger partial charge in [0.05, 0.1) is 20.1 Å². The lowest BCUT2D eigenvalue weighted by Gasteiger charge is -2.29. The van der Waals surface area contributed by atoms with Gasteiger partial charge in [-0.25, -0.2) is 9.59 Å². The van der Waals surface area contributed by atoms with Gasteiger partial charge in [-0.2, -0.15) is 0 Å². The van der Waals surface area contributed by atoms with Crippen molar-refractivity contribution in [2.45, 2.75) is 57.5 Å². The maximum Gasteiger partial charge on any atom is 0.348 e. The first-order valence-corrected chi connectivity index (χ1v) is 14.5. The summed E-state index contributed by atoms with van der Waals surface area (Å²) in [6, 6.07) is 18.0. The van der Waals surface area contributed by atoms with Crippen LogP contribution in [0, 0.1) is 0 Å². The normalized spacial score (nSPS) is 18.5. The first kappa shape index (κ1) is 30.8. The van der Waals surface area contributed by atoms with E-state index in [-0.39, 0.29) is 29.5 Å². The summed E-state index contributed by atoms with van der Waals surface area (Å²) in [4.78, 5) is 36.5. The lowest BCUT2D eigenvalue weighted by molar-refractivity contribution is -0.222. The molecule has 0 bridgehead atoms. The molecule has 2 saturated heterocycles. The molecule has 3 aromatic rings. The minimum absolute atomic E-state index is 0.0157. The molecule has 2 aliphatic rings. The topological polar surface area (TPSA) is 118 Å². The highest BCUT2D eigenvalue weighted by Gasteiger charge is 2.38. The third-order valence-corrected chi connectivity index (χ3v) is 7.48. The molecule has 0 aliphatic carbocycles. The van der Waals surface area contributed by atoms with Gasteiger partial charge in [0.1, 0.15) is 17.1 Å². The lowest BCUT2D eigenvalue weighted by atomic mass is 9.94. The molecular weight excluding hydrogens is 560 g/mol. The molecule has 2 unspecified atom stereocenters. The molecule has 0 amide bonds. The van der Waals surface area contributed by atoms with E-state index in [4.69, 9.17) is 23.7 Å². The molecule has 0 radical (unpaired) electrons. The van der Waals surface area contributed by atoms with E-state index in [0.717, 1.165) is 36.3 Å². The van der Waals surface area contributed by atoms with Crippen molar-refractivity contribution >= 4 is 35.3 Å². The van der Waals surface area contributed by atoms with Crippen LogP contribution in [0.15, 0.2) is 71.6 Å². The largest absolute Gasteiger partial charge is 0.508 e. The fourth-order valence-electron chi connectivity index (χ4n) is 4.37. The number of phenolic OH excluding ortho intramolecular Hbond substituents is 1. The fourth-order valence-corrected chi connectivity index (χ4v) is 5.23. The molecule has 1 N–H and O–H groups in total. The molecule has 2 aliphatic heterocycles. The Labute approximate surface area is 248 Å². The Balaban J connectivity index is 0.000000201. The van der Waals surface area contributed by atoms with Crippen molar-refractivity contribution < 1.29 is 43.2 Å². The first-order chi connectivity index (χ1) is 20.1. The molecule has 3 heterocycles. The Kier molecular flexibility index (Phi) is 10.4. The van der Waals surface area contributed by atoms with E-state index >= 15 is 0 Å². The van der Waals surface area contributed by atoms with Gasteiger partial charge < -0.3 is 28.8 Å². The van der Waals surface area contributed by atoms with Crippen LogP contribution in [0.4, 0.5) is 0 Å². The van der Waals surface area contributed by atoms with Gasteiger partial charge in [-0.1, -0.05) is 30.3 Å². The third-order valence-electron chi connectivity index (χ3n) is 6.49. The standard InChI is InChI=1S/C18H20O6.C14H14O3S/c1-18(2)23-16(19)14(17(20)24-18)11-12-6-8-13(9-7-12)22-15-5-3-4-10-21-15;1-17-14(16)9-12(13-3-2-8-18-13)10-4-6-11(15)7-5-10/h6-9,11,15H,3-5,10H2,1-2H3;2-8,12,15H,9H2,1H3. The van der Waals surface area contributed by atoms with Crippen molar-refractivity contribution in [1.82, 2.24) is 0 Å². The molecule has 9 nitrogen and oxygen atoms in total. The first-order valence-electron chi connectivity index (χ1n) is 13.6. The van der Waals surface area contributed by atoms with Gasteiger partial charge in [-0.3, -0.25) is 4.79 Å². The molecular formula is C32H34O9S. The Morgan fingerprint density at radius 2 is 1.74 bits per heavy atom. The van der Waals surface area contributed by atoms with Gasteiger partial charge in [0.15, 0.2) is 6.29 Å². The second-order valence-corrected chi connectivity index (χ2v) is 11.1. The Hall–Kier alpha value is -4.15. The average molecular weight is 595 g/mol. The van der Waals surface area contributed by atoms with Crippen molar-refractivity contribution in [1.29, 1.82) is 0 Å². The third kappa shape index (κ3) is 8.67. The zero-order valence-corrected chi connectivity index (χ0v) is 24.6. The van der Waals surface area contributed by atoms with E-state index in [1.807, 2.05) is 29.6 Å². The van der Waals surface area contributed by atoms with Crippen LogP contribution in [-0.2, 0) is 33.3 Å². The number of benzene rings is 2. The molecule has 1 aromatic heterocycles. The molecule has 42 heavy (non-hydrogen) atoms. The van der Waals surface area contributed by atoms with Crippen molar-refractivity contribution in [3.8, 4) is 11.5 Å². The average Bonchev–Trinajstić information content (AvgIpc) is 3.50. The Bertz CT molecular complexity index is 1350. The summed E-state index contributed by atoms with van der Waals surface area (Å²) in [6.07, 6.45) is 4.57. The van der Waals surface area contributed by atoms with Crippen molar-refractivity contribution in [2.24, 2.45) is 0 Å². The molecule has 10 heteroatoms. The van der Waals surface area contributed by atoms with Crippen LogP contribution < -0.4 is 4.74 Å². The summed E-state index contributed by atoms with van der Waals surface area (Å²) in [7, 11) is 1.39. The number of thiophene rings is 1. The number of carbonyl (C=O) groups is 3. The van der Waals surface area contributed by atoms with Crippen molar-refractivity contribution in [3.63, 3.8) is 0 Å². The second kappa shape index (κ2) is 14.2. The highest BCUT2D eigenvalue weighted by Crippen LogP contribution is 2.32. The fraction of sp³-hybridized carbons (Fsp3) is 0.344. The monoisotopic (exact) mass is 594 g/mol. The van der Waals surface area contributed by atoms with Crippen LogP contribution in [0.1, 0.15) is 61.5 Å². The number of cyclic esters (lactones) is 2. The number of phenols is 1. The summed E-state index contributed by atoms with van der Waals surface area (Å²) in [5, 5.41) is 11.3. The van der Waals surface area contributed by atoms with Crippen LogP contribution >= 0.6 is 11.3 Å². The number of ether oxygens (including phenoxy) is 5. The summed E-state index contributed by atoms with van der Waals surface area (Å²) < 4.78 is 26.1. The van der Waals surface area contributed by atoms with Gasteiger partial charge in [0.2, 0.25) is 0 Å². The lowest BCUT2D eigenvalue weighted by Crippen LogP contribution is -2.41. The summed E-state index contributed by atoms with van der Waals surface area (Å²) in [5.41, 5.74) is 1.55. The van der Waals surface area contributed by atoms with Gasteiger partial charge in [-0.15, -0.1) is 11.3 Å². The second-order valence-electron chi connectivity index (χ2n) is 10.2. The maximum atomic E-state index is 11.9.